The van der Waals surface area contributed by atoms with Crippen LogP contribution in [0.4, 0.5) is 18.9 Å². The number of aryl methyl sites for hydroxylation is 1. The highest BCUT2D eigenvalue weighted by atomic mass is 32.2. The van der Waals surface area contributed by atoms with E-state index < -0.39 is 33.2 Å². The van der Waals surface area contributed by atoms with E-state index in [9.17, 15) is 31.2 Å². The van der Waals surface area contributed by atoms with Gasteiger partial charge < -0.3 is 14.2 Å². The highest BCUT2D eigenvalue weighted by Crippen LogP contribution is 2.41. The van der Waals surface area contributed by atoms with Crippen molar-refractivity contribution in [2.75, 3.05) is 23.6 Å². The number of aromatic nitrogens is 1. The topological polar surface area (TPSA) is 97.7 Å². The summed E-state index contributed by atoms with van der Waals surface area (Å²) in [5.74, 6) is -2.52. The molecule has 222 valence electrons. The summed E-state index contributed by atoms with van der Waals surface area (Å²) in [4.78, 5) is 28.2. The van der Waals surface area contributed by atoms with Crippen LogP contribution in [0, 0.1) is 11.6 Å². The van der Waals surface area contributed by atoms with Crippen LogP contribution in [0.2, 0.25) is 0 Å². The second-order valence-electron chi connectivity index (χ2n) is 10.4. The predicted molar refractivity (Wildman–Crippen MR) is 157 cm³/mol. The van der Waals surface area contributed by atoms with Crippen LogP contribution in [-0.4, -0.2) is 48.3 Å². The molecule has 1 fully saturated rings. The zero-order valence-corrected chi connectivity index (χ0v) is 24.7. The van der Waals surface area contributed by atoms with Crippen LogP contribution < -0.4 is 15.0 Å². The summed E-state index contributed by atoms with van der Waals surface area (Å²) in [5, 5.41) is 0.381. The number of piperidine rings is 1. The molecular formula is C29H28F3N3O5S2. The van der Waals surface area contributed by atoms with Crippen molar-refractivity contribution >= 4 is 43.0 Å². The van der Waals surface area contributed by atoms with E-state index in [4.69, 9.17) is 4.74 Å². The number of sulfonamides is 1. The van der Waals surface area contributed by atoms with Gasteiger partial charge in [0.15, 0.2) is 11.6 Å². The lowest BCUT2D eigenvalue weighted by Gasteiger charge is -2.34. The Kier molecular flexibility index (Phi) is 7.84. The van der Waals surface area contributed by atoms with Gasteiger partial charge in [-0.25, -0.2) is 21.6 Å². The summed E-state index contributed by atoms with van der Waals surface area (Å²) in [7, 11) is -2.14. The van der Waals surface area contributed by atoms with Gasteiger partial charge in [-0.15, -0.1) is 11.3 Å². The van der Waals surface area contributed by atoms with E-state index >= 15 is 0 Å². The molecule has 2 aromatic heterocycles. The SMILES string of the molecule is CCS(=O)(=O)Nc1ccc(Oc2ccc(F)cc2F)c(-c2cn(C)c(=O)c3sc(C(=O)N4CCCC(C)(F)C4)cc23)c1. The molecule has 1 aliphatic rings. The molecule has 0 bridgehead atoms. The second kappa shape index (κ2) is 11.1. The van der Waals surface area contributed by atoms with Crippen molar-refractivity contribution in [1.82, 2.24) is 9.47 Å². The normalized spacial score (nSPS) is 17.4. The average molecular weight is 620 g/mol. The summed E-state index contributed by atoms with van der Waals surface area (Å²) >= 11 is 0.980. The van der Waals surface area contributed by atoms with Crippen LogP contribution >= 0.6 is 11.3 Å². The number of amides is 1. The van der Waals surface area contributed by atoms with Crippen LogP contribution in [0.5, 0.6) is 11.5 Å². The molecule has 1 amide bonds. The molecule has 1 unspecified atom stereocenters. The number of carbonyl (C=O) groups excluding carboxylic acids is 1. The van der Waals surface area contributed by atoms with Crippen LogP contribution in [0.1, 0.15) is 36.4 Å². The Bertz CT molecular complexity index is 1870. The molecule has 1 N–H and O–H groups in total. The Morgan fingerprint density at radius 1 is 1.12 bits per heavy atom. The van der Waals surface area contributed by atoms with Crippen molar-refractivity contribution in [3.8, 4) is 22.6 Å². The predicted octanol–water partition coefficient (Wildman–Crippen LogP) is 6.06. The molecule has 5 rings (SSSR count). The summed E-state index contributed by atoms with van der Waals surface area (Å²) in [6, 6.07) is 8.71. The fourth-order valence-electron chi connectivity index (χ4n) is 4.90. The van der Waals surface area contributed by atoms with Crippen molar-refractivity contribution in [1.29, 1.82) is 0 Å². The molecule has 2 aromatic carbocycles. The van der Waals surface area contributed by atoms with Crippen LogP contribution in [-0.2, 0) is 17.1 Å². The number of fused-ring (bicyclic) bond motifs is 1. The minimum absolute atomic E-state index is 0.0637. The Labute approximate surface area is 244 Å². The Balaban J connectivity index is 1.67. The number of thiophene rings is 1. The number of alkyl halides is 1. The van der Waals surface area contributed by atoms with Gasteiger partial charge in [0.05, 0.1) is 17.2 Å². The first-order chi connectivity index (χ1) is 19.8. The van der Waals surface area contributed by atoms with E-state index in [1.807, 2.05) is 0 Å². The standard InChI is InChI=1S/C29H28F3N3O5S2/c1-4-42(38,39)33-18-7-9-23(40-24-8-6-17(30)12-22(24)31)19(13-18)21-15-34(3)28(37)26-20(21)14-25(41-26)27(36)35-11-5-10-29(2,32)16-35/h6-9,12-15,33H,4-5,10-11,16H2,1-3H3. The van der Waals surface area contributed by atoms with Gasteiger partial charge in [0.25, 0.3) is 11.5 Å². The number of nitrogens with one attached hydrogen (secondary N) is 1. The fourth-order valence-corrected chi connectivity index (χ4v) is 6.65. The van der Waals surface area contributed by atoms with Gasteiger partial charge in [0, 0.05) is 48.1 Å². The molecule has 8 nitrogen and oxygen atoms in total. The smallest absolute Gasteiger partial charge is 0.268 e. The number of pyridine rings is 1. The Morgan fingerprint density at radius 2 is 1.86 bits per heavy atom. The van der Waals surface area contributed by atoms with E-state index in [-0.39, 0.29) is 50.2 Å². The Morgan fingerprint density at radius 3 is 2.55 bits per heavy atom. The van der Waals surface area contributed by atoms with Gasteiger partial charge in [0.1, 0.15) is 21.9 Å². The third-order valence-electron chi connectivity index (χ3n) is 7.04. The lowest BCUT2D eigenvalue weighted by Crippen LogP contribution is -2.46. The maximum atomic E-state index is 14.7. The lowest BCUT2D eigenvalue weighted by molar-refractivity contribution is 0.0421. The Hall–Kier alpha value is -3.84. The molecule has 1 saturated heterocycles. The number of ether oxygens (including phenoxy) is 1. The number of halogens is 3. The highest BCUT2D eigenvalue weighted by Gasteiger charge is 2.34. The summed E-state index contributed by atoms with van der Waals surface area (Å²) in [5.41, 5.74) is -1.03. The van der Waals surface area contributed by atoms with Crippen molar-refractivity contribution in [2.24, 2.45) is 7.05 Å². The van der Waals surface area contributed by atoms with Crippen molar-refractivity contribution in [3.63, 3.8) is 0 Å². The largest absolute Gasteiger partial charge is 0.454 e. The number of benzene rings is 2. The third-order valence-corrected chi connectivity index (χ3v) is 9.46. The van der Waals surface area contributed by atoms with E-state index in [0.717, 1.165) is 23.5 Å². The van der Waals surface area contributed by atoms with Crippen molar-refractivity contribution < 1.29 is 31.1 Å². The first-order valence-corrected chi connectivity index (χ1v) is 15.6. The maximum Gasteiger partial charge on any atom is 0.268 e. The van der Waals surface area contributed by atoms with Gasteiger partial charge in [-0.3, -0.25) is 14.3 Å². The summed E-state index contributed by atoms with van der Waals surface area (Å²) < 4.78 is 77.3. The molecule has 13 heteroatoms. The molecule has 0 spiro atoms. The molecule has 0 saturated carbocycles. The number of carbonyl (C=O) groups is 1. The highest BCUT2D eigenvalue weighted by molar-refractivity contribution is 7.92. The molecular weight excluding hydrogens is 591 g/mol. The van der Waals surface area contributed by atoms with Crippen molar-refractivity contribution in [3.05, 3.63) is 75.5 Å². The van der Waals surface area contributed by atoms with E-state index in [1.54, 1.807) is 6.07 Å². The van der Waals surface area contributed by atoms with Gasteiger partial charge in [0.2, 0.25) is 10.0 Å². The van der Waals surface area contributed by atoms with Gasteiger partial charge >= 0.3 is 0 Å². The zero-order chi connectivity index (χ0) is 30.4. The molecule has 3 heterocycles. The lowest BCUT2D eigenvalue weighted by atomic mass is 9.97. The number of hydrogen-bond acceptors (Lipinski definition) is 6. The molecule has 4 aromatic rings. The van der Waals surface area contributed by atoms with E-state index in [1.165, 1.54) is 54.8 Å². The number of rotatable bonds is 7. The number of anilines is 1. The average Bonchev–Trinajstić information content (AvgIpc) is 3.38. The minimum atomic E-state index is -3.67. The first-order valence-electron chi connectivity index (χ1n) is 13.2. The maximum absolute atomic E-state index is 14.7. The number of hydrogen-bond donors (Lipinski definition) is 1. The third kappa shape index (κ3) is 6.02. The summed E-state index contributed by atoms with van der Waals surface area (Å²) in [6.07, 6.45) is 2.37. The second-order valence-corrected chi connectivity index (χ2v) is 13.5. The fraction of sp³-hybridized carbons (Fsp3) is 0.310. The zero-order valence-electron chi connectivity index (χ0n) is 23.0. The molecule has 42 heavy (non-hydrogen) atoms. The number of nitrogens with zero attached hydrogens (tertiary/aromatic N) is 2. The molecule has 0 aliphatic carbocycles. The van der Waals surface area contributed by atoms with Crippen LogP contribution in [0.15, 0.2) is 53.5 Å². The number of likely N-dealkylation sites (tertiary alicyclic amines) is 1. The molecule has 0 radical (unpaired) electrons. The monoisotopic (exact) mass is 619 g/mol. The quantitative estimate of drug-likeness (QED) is 0.271. The molecule has 1 aliphatic heterocycles. The van der Waals surface area contributed by atoms with E-state index in [0.29, 0.717) is 36.4 Å². The van der Waals surface area contributed by atoms with Crippen LogP contribution in [0.3, 0.4) is 0 Å². The molecule has 1 atom stereocenters. The van der Waals surface area contributed by atoms with Gasteiger partial charge in [-0.05, 0) is 63.1 Å². The van der Waals surface area contributed by atoms with Crippen molar-refractivity contribution in [2.45, 2.75) is 32.4 Å². The summed E-state index contributed by atoms with van der Waals surface area (Å²) in [6.45, 7) is 3.26. The van der Waals surface area contributed by atoms with Gasteiger partial charge in [-0.2, -0.15) is 0 Å². The first kappa shape index (κ1) is 29.6. The van der Waals surface area contributed by atoms with E-state index in [2.05, 4.69) is 4.72 Å². The van der Waals surface area contributed by atoms with Crippen LogP contribution in [0.25, 0.3) is 21.2 Å². The minimum Gasteiger partial charge on any atom is -0.454 e. The van der Waals surface area contributed by atoms with Gasteiger partial charge in [-0.1, -0.05) is 0 Å².